The molecule has 0 aliphatic heterocycles. The summed E-state index contributed by atoms with van der Waals surface area (Å²) in [5.41, 5.74) is 0.621. The maximum absolute atomic E-state index is 14.8. The van der Waals surface area contributed by atoms with Gasteiger partial charge in [-0.2, -0.15) is 0 Å². The molecule has 9 nitrogen and oxygen atoms in total. The number of hydrogen-bond donors (Lipinski definition) is 2. The number of hydrogen-bond acceptors (Lipinski definition) is 6. The van der Waals surface area contributed by atoms with Crippen molar-refractivity contribution in [2.24, 2.45) is 5.92 Å². The van der Waals surface area contributed by atoms with E-state index in [1.54, 1.807) is 58.6 Å². The zero-order valence-corrected chi connectivity index (χ0v) is 31.8. The average molecular weight is 692 g/mol. The third-order valence-electron chi connectivity index (χ3n) is 8.25. The normalized spacial score (nSPS) is 14.0. The van der Waals surface area contributed by atoms with Crippen molar-refractivity contribution in [2.45, 2.75) is 137 Å². The van der Waals surface area contributed by atoms with Gasteiger partial charge in [0.25, 0.3) is 0 Å². The number of carbonyl (C=O) groups excluding carboxylic acids is 4. The number of nitrogens with one attached hydrogen (secondary N) is 2. The van der Waals surface area contributed by atoms with Crippen LogP contribution in [0, 0.1) is 5.92 Å². The van der Waals surface area contributed by atoms with Gasteiger partial charge in [0.1, 0.15) is 29.3 Å². The van der Waals surface area contributed by atoms with Crippen molar-refractivity contribution in [3.63, 3.8) is 0 Å². The number of unbranched alkanes of at least 4 members (excludes halogenated alkanes) is 4. The lowest BCUT2D eigenvalue weighted by Gasteiger charge is -2.37. The third-order valence-corrected chi connectivity index (χ3v) is 8.25. The van der Waals surface area contributed by atoms with Gasteiger partial charge in [-0.05, 0) is 76.6 Å². The fourth-order valence-corrected chi connectivity index (χ4v) is 5.54. The lowest BCUT2D eigenvalue weighted by Crippen LogP contribution is -2.56. The Labute approximate surface area is 300 Å². The van der Waals surface area contributed by atoms with Crippen LogP contribution in [0.1, 0.15) is 124 Å². The number of rotatable bonds is 18. The van der Waals surface area contributed by atoms with Gasteiger partial charge in [-0.3, -0.25) is 9.59 Å². The van der Waals surface area contributed by atoms with Gasteiger partial charge in [-0.25, -0.2) is 9.59 Å². The molecule has 0 fully saturated rings. The van der Waals surface area contributed by atoms with Crippen LogP contribution < -0.4 is 10.6 Å². The quantitative estimate of drug-likeness (QED) is 0.120. The molecule has 2 N–H and O–H groups in total. The SMILES string of the molecule is C=Cc1cccc(C(C(=O)NC(Cc2ccccc2)C(=O)OC(C)(C)C)N(CCCCCCC)C(=O)C(NC(=O)OC(C)(C)C)C(C)CC)c1. The van der Waals surface area contributed by atoms with Crippen molar-refractivity contribution in [3.05, 3.63) is 77.9 Å². The second-order valence-electron chi connectivity index (χ2n) is 15.0. The van der Waals surface area contributed by atoms with Crippen LogP contribution in [0.2, 0.25) is 0 Å². The molecule has 0 aliphatic rings. The summed E-state index contributed by atoms with van der Waals surface area (Å²) in [7, 11) is 0. The number of ether oxygens (including phenoxy) is 2. The Morgan fingerprint density at radius 3 is 2.06 bits per heavy atom. The molecule has 3 amide bonds. The second kappa shape index (κ2) is 19.9. The van der Waals surface area contributed by atoms with E-state index in [0.29, 0.717) is 18.4 Å². The Hall–Kier alpha value is -4.14. The highest BCUT2D eigenvalue weighted by molar-refractivity contribution is 5.94. The molecule has 0 aromatic heterocycles. The first-order valence-electron chi connectivity index (χ1n) is 18.1. The summed E-state index contributed by atoms with van der Waals surface area (Å²) in [6.45, 7) is 20.8. The predicted octanol–water partition coefficient (Wildman–Crippen LogP) is 8.18. The van der Waals surface area contributed by atoms with Gasteiger partial charge in [0.2, 0.25) is 11.8 Å². The highest BCUT2D eigenvalue weighted by Gasteiger charge is 2.39. The number of amides is 3. The van der Waals surface area contributed by atoms with Gasteiger partial charge >= 0.3 is 12.1 Å². The van der Waals surface area contributed by atoms with Crippen molar-refractivity contribution in [2.75, 3.05) is 6.54 Å². The van der Waals surface area contributed by atoms with Crippen LogP contribution in [-0.4, -0.2) is 58.6 Å². The molecular formula is C41H61N3O6. The Morgan fingerprint density at radius 1 is 0.840 bits per heavy atom. The minimum Gasteiger partial charge on any atom is -0.458 e. The molecule has 50 heavy (non-hydrogen) atoms. The number of benzene rings is 2. The fraction of sp³-hybridized carbons (Fsp3) is 0.561. The molecule has 0 heterocycles. The first-order valence-corrected chi connectivity index (χ1v) is 18.1. The van der Waals surface area contributed by atoms with Crippen molar-refractivity contribution in [3.8, 4) is 0 Å². The van der Waals surface area contributed by atoms with Gasteiger partial charge in [0.15, 0.2) is 0 Å². The first-order chi connectivity index (χ1) is 23.5. The van der Waals surface area contributed by atoms with Crippen molar-refractivity contribution in [1.29, 1.82) is 0 Å². The number of carbonyl (C=O) groups is 4. The maximum atomic E-state index is 14.8. The highest BCUT2D eigenvalue weighted by Crippen LogP contribution is 2.27. The standard InChI is InChI=1S/C41H61N3O6/c1-11-14-15-16-20-26-44(37(46)34(29(4)12-2)43-39(48)50-41(8,9)10)35(32-25-21-24-30(13-3)27-32)36(45)42-33(38(47)49-40(5,6)7)28-31-22-18-17-19-23-31/h13,17-19,21-25,27,29,33-35H,3,11-12,14-16,20,26,28H2,1-2,4-10H3,(H,42,45)(H,43,48). The summed E-state index contributed by atoms with van der Waals surface area (Å²) in [6.07, 6.45) is 6.39. The van der Waals surface area contributed by atoms with Crippen molar-refractivity contribution >= 4 is 30.0 Å². The summed E-state index contributed by atoms with van der Waals surface area (Å²) in [5, 5.41) is 5.80. The van der Waals surface area contributed by atoms with Gasteiger partial charge in [0.05, 0.1) is 0 Å². The van der Waals surface area contributed by atoms with Crippen LogP contribution >= 0.6 is 0 Å². The van der Waals surface area contributed by atoms with Crippen molar-refractivity contribution < 1.29 is 28.7 Å². The Balaban J connectivity index is 2.69. The highest BCUT2D eigenvalue weighted by atomic mass is 16.6. The summed E-state index contributed by atoms with van der Waals surface area (Å²) in [6, 6.07) is 13.6. The molecule has 0 spiro atoms. The van der Waals surface area contributed by atoms with E-state index in [9.17, 15) is 19.2 Å². The lowest BCUT2D eigenvalue weighted by atomic mass is 9.94. The Morgan fingerprint density at radius 2 is 1.48 bits per heavy atom. The minimum atomic E-state index is -1.12. The van der Waals surface area contributed by atoms with Gasteiger partial charge < -0.3 is 25.0 Å². The van der Waals surface area contributed by atoms with E-state index in [2.05, 4.69) is 24.1 Å². The minimum absolute atomic E-state index is 0.196. The molecule has 2 aromatic rings. The van der Waals surface area contributed by atoms with E-state index < -0.39 is 53.2 Å². The average Bonchev–Trinajstić information content (AvgIpc) is 3.04. The monoisotopic (exact) mass is 691 g/mol. The van der Waals surface area contributed by atoms with E-state index in [-0.39, 0.29) is 18.9 Å². The molecule has 4 atom stereocenters. The largest absolute Gasteiger partial charge is 0.458 e. The molecule has 276 valence electrons. The van der Waals surface area contributed by atoms with Crippen LogP contribution in [-0.2, 0) is 30.3 Å². The van der Waals surface area contributed by atoms with E-state index in [1.807, 2.05) is 62.4 Å². The maximum Gasteiger partial charge on any atom is 0.408 e. The molecule has 2 aromatic carbocycles. The summed E-state index contributed by atoms with van der Waals surface area (Å²) in [5.74, 6) is -1.77. The van der Waals surface area contributed by atoms with Gasteiger partial charge in [-0.1, -0.05) is 114 Å². The molecule has 0 bridgehead atoms. The van der Waals surface area contributed by atoms with Gasteiger partial charge in [-0.15, -0.1) is 0 Å². The van der Waals surface area contributed by atoms with E-state index in [4.69, 9.17) is 9.47 Å². The molecule has 0 radical (unpaired) electrons. The van der Waals surface area contributed by atoms with Crippen LogP contribution in [0.25, 0.3) is 6.08 Å². The smallest absolute Gasteiger partial charge is 0.408 e. The number of nitrogens with zero attached hydrogens (tertiary/aromatic N) is 1. The third kappa shape index (κ3) is 14.4. The molecule has 4 unspecified atom stereocenters. The molecular weight excluding hydrogens is 630 g/mol. The van der Waals surface area contributed by atoms with Crippen LogP contribution in [0.5, 0.6) is 0 Å². The van der Waals surface area contributed by atoms with E-state index >= 15 is 0 Å². The Kier molecular flexibility index (Phi) is 16.7. The summed E-state index contributed by atoms with van der Waals surface area (Å²) < 4.78 is 11.3. The molecule has 0 saturated carbocycles. The van der Waals surface area contributed by atoms with Gasteiger partial charge in [0, 0.05) is 13.0 Å². The van der Waals surface area contributed by atoms with Crippen LogP contribution in [0.4, 0.5) is 4.79 Å². The van der Waals surface area contributed by atoms with E-state index in [1.165, 1.54) is 0 Å². The fourth-order valence-electron chi connectivity index (χ4n) is 5.54. The first kappa shape index (κ1) is 42.0. The molecule has 0 saturated heterocycles. The zero-order valence-electron chi connectivity index (χ0n) is 31.8. The van der Waals surface area contributed by atoms with Crippen LogP contribution in [0.15, 0.2) is 61.2 Å². The van der Waals surface area contributed by atoms with Crippen LogP contribution in [0.3, 0.4) is 0 Å². The molecule has 2 rings (SSSR count). The summed E-state index contributed by atoms with van der Waals surface area (Å²) in [4.78, 5) is 57.8. The Bertz CT molecular complexity index is 1400. The lowest BCUT2D eigenvalue weighted by molar-refractivity contribution is -0.159. The zero-order chi connectivity index (χ0) is 37.5. The topological polar surface area (TPSA) is 114 Å². The predicted molar refractivity (Wildman–Crippen MR) is 200 cm³/mol. The molecule has 0 aliphatic carbocycles. The second-order valence-corrected chi connectivity index (χ2v) is 15.0. The van der Waals surface area contributed by atoms with E-state index in [0.717, 1.165) is 36.8 Å². The number of esters is 1. The molecule has 9 heteroatoms. The number of alkyl carbamates (subject to hydrolysis) is 1. The summed E-state index contributed by atoms with van der Waals surface area (Å²) >= 11 is 0. The van der Waals surface area contributed by atoms with Crippen molar-refractivity contribution in [1.82, 2.24) is 15.5 Å².